The van der Waals surface area contributed by atoms with Crippen LogP contribution in [0.15, 0.2) is 36.0 Å². The first kappa shape index (κ1) is 17.4. The molecule has 0 saturated heterocycles. The molecule has 0 bridgehead atoms. The van der Waals surface area contributed by atoms with Crippen LogP contribution in [0.5, 0.6) is 0 Å². The monoisotopic (exact) mass is 290 g/mol. The quantitative estimate of drug-likeness (QED) is 0.477. The number of unbranched alkanes of at least 4 members (excludes halogenated alkanes) is 4. The topological polar surface area (TPSA) is 54.4 Å². The van der Waals surface area contributed by atoms with Crippen molar-refractivity contribution in [1.82, 2.24) is 0 Å². The number of carbonyl (C=O) groups is 2. The first-order valence-electron chi connectivity index (χ1n) is 7.96. The van der Waals surface area contributed by atoms with Gasteiger partial charge in [0, 0.05) is 17.9 Å². The largest absolute Gasteiger partial charge is 0.481 e. The van der Waals surface area contributed by atoms with Crippen LogP contribution in [0.2, 0.25) is 0 Å². The van der Waals surface area contributed by atoms with Crippen LogP contribution >= 0.6 is 0 Å². The molecule has 1 N–H and O–H groups in total. The average molecular weight is 290 g/mol. The van der Waals surface area contributed by atoms with E-state index in [0.29, 0.717) is 0 Å². The second-order valence-corrected chi connectivity index (χ2v) is 5.49. The Morgan fingerprint density at radius 1 is 1.24 bits per heavy atom. The highest BCUT2D eigenvalue weighted by molar-refractivity contribution is 6.07. The maximum Gasteiger partial charge on any atom is 0.303 e. The Hall–Kier alpha value is -1.64. The molecule has 0 aromatic carbocycles. The van der Waals surface area contributed by atoms with Crippen molar-refractivity contribution in [2.45, 2.75) is 58.3 Å². The van der Waals surface area contributed by atoms with E-state index in [9.17, 15) is 9.59 Å². The minimum absolute atomic E-state index is 0.141. The molecule has 0 fully saturated rings. The van der Waals surface area contributed by atoms with E-state index >= 15 is 0 Å². The van der Waals surface area contributed by atoms with Crippen LogP contribution in [0.1, 0.15) is 58.3 Å². The molecule has 0 heterocycles. The lowest BCUT2D eigenvalue weighted by Crippen LogP contribution is -2.02. The van der Waals surface area contributed by atoms with Crippen LogP contribution < -0.4 is 0 Å². The standard InChI is InChI=1S/C18H26O3/c1-2-3-7-11-16-15(13-14-17(16)19)10-8-5-4-6-9-12-18(20)21/h3,7,11,13-15H,2,4-6,8-10,12H2,1H3,(H,20,21)/b7-3-,16-11+/t15-/m1/s1. The third-order valence-corrected chi connectivity index (χ3v) is 3.72. The summed E-state index contributed by atoms with van der Waals surface area (Å²) < 4.78 is 0. The zero-order valence-electron chi connectivity index (χ0n) is 12.9. The minimum Gasteiger partial charge on any atom is -0.481 e. The molecule has 0 amide bonds. The Balaban J connectivity index is 2.23. The van der Waals surface area contributed by atoms with Crippen molar-refractivity contribution < 1.29 is 14.7 Å². The number of rotatable bonds is 10. The Bertz CT molecular complexity index is 430. The molecular formula is C18H26O3. The van der Waals surface area contributed by atoms with Crippen molar-refractivity contribution in [2.75, 3.05) is 0 Å². The molecule has 0 aliphatic heterocycles. The van der Waals surface area contributed by atoms with Gasteiger partial charge in [-0.3, -0.25) is 9.59 Å². The van der Waals surface area contributed by atoms with Crippen molar-refractivity contribution in [2.24, 2.45) is 5.92 Å². The lowest BCUT2D eigenvalue weighted by atomic mass is 9.94. The van der Waals surface area contributed by atoms with Crippen molar-refractivity contribution >= 4 is 11.8 Å². The number of carboxylic acid groups (broad SMARTS) is 1. The predicted molar refractivity (Wildman–Crippen MR) is 85.1 cm³/mol. The van der Waals surface area contributed by atoms with Gasteiger partial charge in [0.2, 0.25) is 0 Å². The lowest BCUT2D eigenvalue weighted by Gasteiger charge is -2.09. The Morgan fingerprint density at radius 2 is 1.95 bits per heavy atom. The van der Waals surface area contributed by atoms with E-state index < -0.39 is 5.97 Å². The van der Waals surface area contributed by atoms with Gasteiger partial charge in [-0.15, -0.1) is 0 Å². The molecule has 1 aliphatic rings. The third-order valence-electron chi connectivity index (χ3n) is 3.72. The molecule has 3 heteroatoms. The van der Waals surface area contributed by atoms with Crippen molar-refractivity contribution in [3.05, 3.63) is 36.0 Å². The van der Waals surface area contributed by atoms with E-state index in [1.807, 2.05) is 18.2 Å². The van der Waals surface area contributed by atoms with Crippen LogP contribution in [-0.4, -0.2) is 16.9 Å². The highest BCUT2D eigenvalue weighted by Crippen LogP contribution is 2.27. The highest BCUT2D eigenvalue weighted by atomic mass is 16.4. The Kier molecular flexibility index (Phi) is 8.41. The molecule has 0 unspecified atom stereocenters. The summed E-state index contributed by atoms with van der Waals surface area (Å²) in [6.45, 7) is 2.07. The fourth-order valence-electron chi connectivity index (χ4n) is 2.52. The summed E-state index contributed by atoms with van der Waals surface area (Å²) in [4.78, 5) is 22.2. The number of carbonyl (C=O) groups excluding carboxylic acids is 1. The molecule has 1 rings (SSSR count). The summed E-state index contributed by atoms with van der Waals surface area (Å²) >= 11 is 0. The van der Waals surface area contributed by atoms with E-state index in [0.717, 1.165) is 50.5 Å². The molecule has 1 aliphatic carbocycles. The fourth-order valence-corrected chi connectivity index (χ4v) is 2.52. The zero-order chi connectivity index (χ0) is 15.5. The van der Waals surface area contributed by atoms with Gasteiger partial charge in [-0.1, -0.05) is 56.9 Å². The highest BCUT2D eigenvalue weighted by Gasteiger charge is 2.21. The second kappa shape index (κ2) is 10.1. The van der Waals surface area contributed by atoms with Crippen LogP contribution in [0.25, 0.3) is 0 Å². The number of carboxylic acids is 1. The van der Waals surface area contributed by atoms with E-state index in [4.69, 9.17) is 5.11 Å². The fraction of sp³-hybridized carbons (Fsp3) is 0.556. The number of aliphatic carboxylic acids is 1. The van der Waals surface area contributed by atoms with E-state index in [1.165, 1.54) is 0 Å². The van der Waals surface area contributed by atoms with E-state index in [-0.39, 0.29) is 18.1 Å². The SMILES string of the molecule is CC/C=C\C=C1\C(=O)C=C[C@H]1CCCCCCCC(=O)O. The molecule has 21 heavy (non-hydrogen) atoms. The lowest BCUT2D eigenvalue weighted by molar-refractivity contribution is -0.137. The summed E-state index contributed by atoms with van der Waals surface area (Å²) in [5.41, 5.74) is 0.908. The maximum absolute atomic E-state index is 11.8. The molecule has 1 atom stereocenters. The number of allylic oxidation sites excluding steroid dienone is 6. The van der Waals surface area contributed by atoms with Gasteiger partial charge in [-0.2, -0.15) is 0 Å². The van der Waals surface area contributed by atoms with E-state index in [2.05, 4.69) is 13.0 Å². The predicted octanol–water partition coefficient (Wildman–Crippen LogP) is 4.45. The molecular weight excluding hydrogens is 264 g/mol. The molecule has 3 nitrogen and oxygen atoms in total. The van der Waals surface area contributed by atoms with Gasteiger partial charge < -0.3 is 5.11 Å². The van der Waals surface area contributed by atoms with Gasteiger partial charge in [0.25, 0.3) is 0 Å². The summed E-state index contributed by atoms with van der Waals surface area (Å²) in [7, 11) is 0. The average Bonchev–Trinajstić information content (AvgIpc) is 2.79. The van der Waals surface area contributed by atoms with Gasteiger partial charge in [0.05, 0.1) is 0 Å². The first-order chi connectivity index (χ1) is 10.1. The Morgan fingerprint density at radius 3 is 2.67 bits per heavy atom. The van der Waals surface area contributed by atoms with Gasteiger partial charge in [0.15, 0.2) is 5.78 Å². The molecule has 116 valence electrons. The summed E-state index contributed by atoms with van der Waals surface area (Å²) in [6.07, 6.45) is 16.9. The van der Waals surface area contributed by atoms with Gasteiger partial charge >= 0.3 is 5.97 Å². The van der Waals surface area contributed by atoms with Crippen molar-refractivity contribution in [3.8, 4) is 0 Å². The maximum atomic E-state index is 11.8. The third kappa shape index (κ3) is 7.07. The van der Waals surface area contributed by atoms with Crippen molar-refractivity contribution in [1.29, 1.82) is 0 Å². The summed E-state index contributed by atoms with van der Waals surface area (Å²) in [5.74, 6) is -0.306. The number of hydrogen-bond acceptors (Lipinski definition) is 2. The smallest absolute Gasteiger partial charge is 0.303 e. The van der Waals surface area contributed by atoms with Gasteiger partial charge in [0.1, 0.15) is 0 Å². The van der Waals surface area contributed by atoms with Crippen LogP contribution in [-0.2, 0) is 9.59 Å². The summed E-state index contributed by atoms with van der Waals surface area (Å²) in [5, 5.41) is 8.55. The van der Waals surface area contributed by atoms with Crippen LogP contribution in [0.4, 0.5) is 0 Å². The normalized spacial score (nSPS) is 20.0. The van der Waals surface area contributed by atoms with Crippen LogP contribution in [0, 0.1) is 5.92 Å². The summed E-state index contributed by atoms with van der Waals surface area (Å²) in [6, 6.07) is 0. The molecule has 0 saturated carbocycles. The second-order valence-electron chi connectivity index (χ2n) is 5.49. The minimum atomic E-state index is -0.709. The van der Waals surface area contributed by atoms with Gasteiger partial charge in [-0.25, -0.2) is 0 Å². The first-order valence-corrected chi connectivity index (χ1v) is 7.96. The molecule has 0 aromatic rings. The molecule has 0 spiro atoms. The van der Waals surface area contributed by atoms with Crippen LogP contribution in [0.3, 0.4) is 0 Å². The molecule has 0 radical (unpaired) electrons. The Labute approximate surface area is 127 Å². The van der Waals surface area contributed by atoms with Gasteiger partial charge in [-0.05, 0) is 25.3 Å². The molecule has 0 aromatic heterocycles. The zero-order valence-corrected chi connectivity index (χ0v) is 12.9. The van der Waals surface area contributed by atoms with Crippen molar-refractivity contribution in [3.63, 3.8) is 0 Å². The number of ketones is 1. The van der Waals surface area contributed by atoms with E-state index in [1.54, 1.807) is 6.08 Å². The number of hydrogen-bond donors (Lipinski definition) is 1.